The van der Waals surface area contributed by atoms with Crippen LogP contribution in [0.5, 0.6) is 0 Å². The normalized spacial score (nSPS) is 19.5. The van der Waals surface area contributed by atoms with Crippen molar-refractivity contribution in [1.82, 2.24) is 4.90 Å². The zero-order valence-corrected chi connectivity index (χ0v) is 14.5. The molecule has 21 heavy (non-hydrogen) atoms. The fourth-order valence-electron chi connectivity index (χ4n) is 2.70. The van der Waals surface area contributed by atoms with Crippen LogP contribution < -0.4 is 0 Å². The molecule has 1 aromatic carbocycles. The maximum atomic E-state index is 12.6. The number of hydrogen-bond donors (Lipinski definition) is 0. The van der Waals surface area contributed by atoms with Crippen molar-refractivity contribution in [2.75, 3.05) is 18.1 Å². The second-order valence-electron chi connectivity index (χ2n) is 5.42. The Morgan fingerprint density at radius 3 is 2.52 bits per heavy atom. The molecule has 1 fully saturated rings. The van der Waals surface area contributed by atoms with E-state index in [2.05, 4.69) is 15.9 Å². The lowest BCUT2D eigenvalue weighted by atomic mass is 9.99. The van der Waals surface area contributed by atoms with Crippen LogP contribution in [0.3, 0.4) is 0 Å². The molecule has 0 spiro atoms. The van der Waals surface area contributed by atoms with Crippen LogP contribution in [-0.4, -0.2) is 43.4 Å². The van der Waals surface area contributed by atoms with Crippen molar-refractivity contribution in [3.05, 3.63) is 29.8 Å². The highest BCUT2D eigenvalue weighted by atomic mass is 79.9. The first kappa shape index (κ1) is 16.5. The lowest BCUT2D eigenvalue weighted by Crippen LogP contribution is -2.43. The molecule has 0 bridgehead atoms. The molecule has 1 amide bonds. The van der Waals surface area contributed by atoms with Gasteiger partial charge in [-0.3, -0.25) is 4.79 Å². The number of carbonyl (C=O) groups excluding carboxylic acids is 1. The van der Waals surface area contributed by atoms with Crippen LogP contribution in [0.2, 0.25) is 0 Å². The number of carbonyl (C=O) groups is 1. The summed E-state index contributed by atoms with van der Waals surface area (Å²) in [6.07, 6.45) is 5.35. The molecule has 0 saturated carbocycles. The summed E-state index contributed by atoms with van der Waals surface area (Å²) in [6, 6.07) is 6.51. The smallest absolute Gasteiger partial charge is 0.254 e. The summed E-state index contributed by atoms with van der Waals surface area (Å²) in [4.78, 5) is 14.8. The van der Waals surface area contributed by atoms with Gasteiger partial charge in [0.1, 0.15) is 0 Å². The maximum Gasteiger partial charge on any atom is 0.254 e. The van der Waals surface area contributed by atoms with E-state index in [1.54, 1.807) is 12.1 Å². The molecular weight excluding hydrogens is 354 g/mol. The van der Waals surface area contributed by atoms with E-state index in [0.717, 1.165) is 37.6 Å². The SMILES string of the molecule is CS(=O)(=O)c1ccc(C(=O)N2CCCCC2CCBr)cc1. The Labute approximate surface area is 134 Å². The first-order valence-corrected chi connectivity index (χ1v) is 10.1. The standard InChI is InChI=1S/C15H20BrNO3S/c1-21(19,20)14-7-5-12(6-8-14)15(18)17-11-3-2-4-13(17)9-10-16/h5-8,13H,2-4,9-11H2,1H3. The summed E-state index contributed by atoms with van der Waals surface area (Å²) in [5, 5.41) is 0.883. The zero-order chi connectivity index (χ0) is 15.5. The topological polar surface area (TPSA) is 54.5 Å². The molecule has 2 rings (SSSR count). The molecule has 1 aliphatic rings. The average molecular weight is 374 g/mol. The van der Waals surface area contributed by atoms with Crippen LogP contribution >= 0.6 is 15.9 Å². The van der Waals surface area contributed by atoms with Gasteiger partial charge in [0.15, 0.2) is 9.84 Å². The van der Waals surface area contributed by atoms with E-state index < -0.39 is 9.84 Å². The number of rotatable bonds is 4. The van der Waals surface area contributed by atoms with Gasteiger partial charge in [-0.15, -0.1) is 0 Å². The molecule has 0 N–H and O–H groups in total. The van der Waals surface area contributed by atoms with E-state index in [1.807, 2.05) is 4.90 Å². The first-order chi connectivity index (χ1) is 9.93. The minimum absolute atomic E-state index is 0.000649. The van der Waals surface area contributed by atoms with Crippen molar-refractivity contribution in [1.29, 1.82) is 0 Å². The van der Waals surface area contributed by atoms with E-state index in [0.29, 0.717) is 5.56 Å². The molecule has 1 saturated heterocycles. The number of likely N-dealkylation sites (tertiary alicyclic amines) is 1. The predicted octanol–water partition coefficient (Wildman–Crippen LogP) is 2.87. The Bertz CT molecular complexity index is 596. The quantitative estimate of drug-likeness (QED) is 0.762. The fourth-order valence-corrected chi connectivity index (χ4v) is 3.86. The molecule has 1 aromatic rings. The highest BCUT2D eigenvalue weighted by Gasteiger charge is 2.26. The van der Waals surface area contributed by atoms with Crippen LogP contribution in [0.15, 0.2) is 29.2 Å². The van der Waals surface area contributed by atoms with Gasteiger partial charge in [-0.25, -0.2) is 8.42 Å². The van der Waals surface area contributed by atoms with E-state index in [9.17, 15) is 13.2 Å². The Morgan fingerprint density at radius 1 is 1.29 bits per heavy atom. The summed E-state index contributed by atoms with van der Waals surface area (Å²) >= 11 is 3.44. The molecule has 0 aromatic heterocycles. The van der Waals surface area contributed by atoms with Crippen molar-refractivity contribution in [3.8, 4) is 0 Å². The Morgan fingerprint density at radius 2 is 1.95 bits per heavy atom. The predicted molar refractivity (Wildman–Crippen MR) is 86.6 cm³/mol. The second-order valence-corrected chi connectivity index (χ2v) is 8.23. The molecule has 0 aliphatic carbocycles. The van der Waals surface area contributed by atoms with Crippen LogP contribution in [-0.2, 0) is 9.84 Å². The number of nitrogens with zero attached hydrogens (tertiary/aromatic N) is 1. The Hall–Kier alpha value is -0.880. The lowest BCUT2D eigenvalue weighted by Gasteiger charge is -2.35. The number of benzene rings is 1. The summed E-state index contributed by atoms with van der Waals surface area (Å²) in [6.45, 7) is 0.782. The molecule has 0 radical (unpaired) electrons. The minimum atomic E-state index is -3.22. The minimum Gasteiger partial charge on any atom is -0.336 e. The second kappa shape index (κ2) is 6.92. The van der Waals surface area contributed by atoms with Gasteiger partial charge >= 0.3 is 0 Å². The molecule has 6 heteroatoms. The number of piperidine rings is 1. The van der Waals surface area contributed by atoms with Gasteiger partial charge in [-0.05, 0) is 49.9 Å². The van der Waals surface area contributed by atoms with E-state index >= 15 is 0 Å². The van der Waals surface area contributed by atoms with Crippen LogP contribution in [0, 0.1) is 0 Å². The molecule has 4 nitrogen and oxygen atoms in total. The fraction of sp³-hybridized carbons (Fsp3) is 0.533. The molecule has 1 unspecified atom stereocenters. The summed E-state index contributed by atoms with van der Waals surface area (Å²) in [5.41, 5.74) is 0.559. The van der Waals surface area contributed by atoms with Gasteiger partial charge in [0.05, 0.1) is 4.90 Å². The highest BCUT2D eigenvalue weighted by Crippen LogP contribution is 2.23. The van der Waals surface area contributed by atoms with Crippen molar-refractivity contribution < 1.29 is 13.2 Å². The average Bonchev–Trinajstić information content (AvgIpc) is 2.47. The molecule has 116 valence electrons. The van der Waals surface area contributed by atoms with Gasteiger partial charge < -0.3 is 4.90 Å². The lowest BCUT2D eigenvalue weighted by molar-refractivity contribution is 0.0610. The van der Waals surface area contributed by atoms with Crippen molar-refractivity contribution in [2.24, 2.45) is 0 Å². The molecular formula is C15H20BrNO3S. The Kier molecular flexibility index (Phi) is 5.43. The van der Waals surface area contributed by atoms with Gasteiger partial charge in [0.2, 0.25) is 0 Å². The van der Waals surface area contributed by atoms with E-state index in [1.165, 1.54) is 18.4 Å². The van der Waals surface area contributed by atoms with Crippen LogP contribution in [0.1, 0.15) is 36.0 Å². The van der Waals surface area contributed by atoms with Crippen LogP contribution in [0.4, 0.5) is 0 Å². The molecule has 1 atom stereocenters. The van der Waals surface area contributed by atoms with Gasteiger partial charge in [-0.1, -0.05) is 15.9 Å². The van der Waals surface area contributed by atoms with Gasteiger partial charge in [0.25, 0.3) is 5.91 Å². The zero-order valence-electron chi connectivity index (χ0n) is 12.1. The largest absolute Gasteiger partial charge is 0.336 e. The number of alkyl halides is 1. The maximum absolute atomic E-state index is 12.6. The highest BCUT2D eigenvalue weighted by molar-refractivity contribution is 9.09. The number of hydrogen-bond acceptors (Lipinski definition) is 3. The third-order valence-corrected chi connectivity index (χ3v) is 5.45. The van der Waals surface area contributed by atoms with Crippen molar-refractivity contribution in [3.63, 3.8) is 0 Å². The summed E-state index contributed by atoms with van der Waals surface area (Å²) < 4.78 is 22.9. The third-order valence-electron chi connectivity index (χ3n) is 3.86. The van der Waals surface area contributed by atoms with Gasteiger partial charge in [0, 0.05) is 29.7 Å². The van der Waals surface area contributed by atoms with Crippen molar-refractivity contribution in [2.45, 2.75) is 36.6 Å². The number of sulfone groups is 1. The van der Waals surface area contributed by atoms with E-state index in [-0.39, 0.29) is 16.8 Å². The van der Waals surface area contributed by atoms with E-state index in [4.69, 9.17) is 0 Å². The number of amides is 1. The molecule has 1 aliphatic heterocycles. The Balaban J connectivity index is 2.18. The molecule has 1 heterocycles. The summed E-state index contributed by atoms with van der Waals surface area (Å²) in [7, 11) is -3.22. The van der Waals surface area contributed by atoms with Crippen molar-refractivity contribution >= 4 is 31.7 Å². The summed E-state index contributed by atoms with van der Waals surface area (Å²) in [5.74, 6) is 0.000649. The number of halogens is 1. The first-order valence-electron chi connectivity index (χ1n) is 7.10. The monoisotopic (exact) mass is 373 g/mol. The van der Waals surface area contributed by atoms with Gasteiger partial charge in [-0.2, -0.15) is 0 Å². The van der Waals surface area contributed by atoms with Crippen LogP contribution in [0.25, 0.3) is 0 Å². The third kappa shape index (κ3) is 4.07.